The molecule has 1 heterocycles. The third kappa shape index (κ3) is 2.99. The molecule has 0 fully saturated rings. The van der Waals surface area contributed by atoms with Crippen LogP contribution in [0.3, 0.4) is 0 Å². The third-order valence-electron chi connectivity index (χ3n) is 2.24. The van der Waals surface area contributed by atoms with Crippen LogP contribution in [-0.4, -0.2) is 12.1 Å². The van der Waals surface area contributed by atoms with Crippen LogP contribution in [0.25, 0.3) is 0 Å². The SMILES string of the molecule is Cc1ccc(C(=O)N/N=C/c2ccccc2Cl)o1. The first-order valence-electron chi connectivity index (χ1n) is 5.31. The van der Waals surface area contributed by atoms with Crippen LogP contribution in [0.5, 0.6) is 0 Å². The minimum atomic E-state index is -0.397. The molecular formula is C13H11ClN2O2. The summed E-state index contributed by atoms with van der Waals surface area (Å²) in [6, 6.07) is 10.5. The number of carbonyl (C=O) groups excluding carboxylic acids is 1. The third-order valence-corrected chi connectivity index (χ3v) is 2.58. The number of aryl methyl sites for hydroxylation is 1. The van der Waals surface area contributed by atoms with Crippen LogP contribution in [-0.2, 0) is 0 Å². The fourth-order valence-corrected chi connectivity index (χ4v) is 1.54. The Hall–Kier alpha value is -2.07. The highest BCUT2D eigenvalue weighted by Crippen LogP contribution is 2.12. The molecule has 0 atom stereocenters. The smallest absolute Gasteiger partial charge is 0.307 e. The number of carbonyl (C=O) groups is 1. The molecule has 4 nitrogen and oxygen atoms in total. The Balaban J connectivity index is 2.00. The zero-order chi connectivity index (χ0) is 13.0. The van der Waals surface area contributed by atoms with Crippen molar-refractivity contribution in [3.8, 4) is 0 Å². The molecule has 5 heteroatoms. The number of hydrazone groups is 1. The molecule has 0 radical (unpaired) electrons. The van der Waals surface area contributed by atoms with Gasteiger partial charge in [0.05, 0.1) is 6.21 Å². The molecule has 0 spiro atoms. The first-order chi connectivity index (χ1) is 8.66. The largest absolute Gasteiger partial charge is 0.456 e. The topological polar surface area (TPSA) is 54.6 Å². The van der Waals surface area contributed by atoms with E-state index in [0.717, 1.165) is 5.56 Å². The number of benzene rings is 1. The van der Waals surface area contributed by atoms with Gasteiger partial charge in [-0.2, -0.15) is 5.10 Å². The Kier molecular flexibility index (Phi) is 3.79. The van der Waals surface area contributed by atoms with Gasteiger partial charge in [-0.15, -0.1) is 0 Å². The quantitative estimate of drug-likeness (QED) is 0.683. The number of furan rings is 1. The summed E-state index contributed by atoms with van der Waals surface area (Å²) in [6.45, 7) is 1.77. The average molecular weight is 263 g/mol. The summed E-state index contributed by atoms with van der Waals surface area (Å²) < 4.78 is 5.16. The van der Waals surface area contributed by atoms with E-state index in [0.29, 0.717) is 10.8 Å². The molecule has 1 aromatic heterocycles. The van der Waals surface area contributed by atoms with Crippen molar-refractivity contribution >= 4 is 23.7 Å². The molecule has 0 saturated carbocycles. The van der Waals surface area contributed by atoms with Crippen LogP contribution in [0.15, 0.2) is 45.9 Å². The molecule has 0 aliphatic rings. The van der Waals surface area contributed by atoms with Crippen molar-refractivity contribution in [1.82, 2.24) is 5.43 Å². The molecular weight excluding hydrogens is 252 g/mol. The monoisotopic (exact) mass is 262 g/mol. The summed E-state index contributed by atoms with van der Waals surface area (Å²) in [6.07, 6.45) is 1.48. The van der Waals surface area contributed by atoms with Gasteiger partial charge in [-0.1, -0.05) is 29.8 Å². The summed E-state index contributed by atoms with van der Waals surface area (Å²) in [5, 5.41) is 4.39. The predicted molar refractivity (Wildman–Crippen MR) is 70.0 cm³/mol. The molecule has 92 valence electrons. The Morgan fingerprint density at radius 1 is 1.33 bits per heavy atom. The molecule has 0 aliphatic heterocycles. The Labute approximate surface area is 109 Å². The molecule has 18 heavy (non-hydrogen) atoms. The van der Waals surface area contributed by atoms with Crippen molar-refractivity contribution < 1.29 is 9.21 Å². The van der Waals surface area contributed by atoms with Crippen molar-refractivity contribution in [3.05, 3.63) is 58.5 Å². The van der Waals surface area contributed by atoms with Crippen molar-refractivity contribution in [2.45, 2.75) is 6.92 Å². The maximum absolute atomic E-state index is 11.6. The fourth-order valence-electron chi connectivity index (χ4n) is 1.35. The molecule has 0 aliphatic carbocycles. The standard InChI is InChI=1S/C13H11ClN2O2/c1-9-6-7-12(18-9)13(17)16-15-8-10-4-2-3-5-11(10)14/h2-8H,1H3,(H,16,17)/b15-8+. The highest BCUT2D eigenvalue weighted by molar-refractivity contribution is 6.33. The van der Waals surface area contributed by atoms with E-state index in [1.54, 1.807) is 31.2 Å². The lowest BCUT2D eigenvalue weighted by Crippen LogP contribution is -2.16. The maximum Gasteiger partial charge on any atom is 0.307 e. The van der Waals surface area contributed by atoms with E-state index in [9.17, 15) is 4.79 Å². The number of nitrogens with one attached hydrogen (secondary N) is 1. The lowest BCUT2D eigenvalue weighted by molar-refractivity contribution is 0.0926. The van der Waals surface area contributed by atoms with Gasteiger partial charge in [-0.3, -0.25) is 4.79 Å². The molecule has 0 saturated heterocycles. The van der Waals surface area contributed by atoms with Crippen LogP contribution in [0, 0.1) is 6.92 Å². The van der Waals surface area contributed by atoms with Crippen LogP contribution in [0.2, 0.25) is 5.02 Å². The predicted octanol–water partition coefficient (Wildman–Crippen LogP) is 3.01. The van der Waals surface area contributed by atoms with Gasteiger partial charge in [-0.05, 0) is 25.1 Å². The van der Waals surface area contributed by atoms with Crippen LogP contribution >= 0.6 is 11.6 Å². The molecule has 1 aromatic carbocycles. The number of hydrogen-bond acceptors (Lipinski definition) is 3. The highest BCUT2D eigenvalue weighted by Gasteiger charge is 2.07. The summed E-state index contributed by atoms with van der Waals surface area (Å²) in [5.74, 6) is 0.505. The zero-order valence-electron chi connectivity index (χ0n) is 9.68. The second kappa shape index (κ2) is 5.51. The minimum absolute atomic E-state index is 0.226. The van der Waals surface area contributed by atoms with Crippen molar-refractivity contribution in [2.24, 2.45) is 5.10 Å². The summed E-state index contributed by atoms with van der Waals surface area (Å²) in [7, 11) is 0. The molecule has 0 unspecified atom stereocenters. The lowest BCUT2D eigenvalue weighted by atomic mass is 10.2. The van der Waals surface area contributed by atoms with E-state index < -0.39 is 5.91 Å². The van der Waals surface area contributed by atoms with Gasteiger partial charge in [-0.25, -0.2) is 5.43 Å². The number of nitrogens with zero attached hydrogens (tertiary/aromatic N) is 1. The normalized spacial score (nSPS) is 10.8. The van der Waals surface area contributed by atoms with E-state index in [1.807, 2.05) is 12.1 Å². The fraction of sp³-hybridized carbons (Fsp3) is 0.0769. The van der Waals surface area contributed by atoms with E-state index in [1.165, 1.54) is 6.21 Å². The molecule has 2 rings (SSSR count). The first kappa shape index (κ1) is 12.4. The van der Waals surface area contributed by atoms with Crippen LogP contribution < -0.4 is 5.43 Å². The van der Waals surface area contributed by atoms with Gasteiger partial charge >= 0.3 is 5.91 Å². The van der Waals surface area contributed by atoms with Crippen molar-refractivity contribution in [1.29, 1.82) is 0 Å². The Morgan fingerprint density at radius 2 is 2.11 bits per heavy atom. The van der Waals surface area contributed by atoms with Crippen LogP contribution in [0.1, 0.15) is 21.9 Å². The first-order valence-corrected chi connectivity index (χ1v) is 5.69. The molecule has 1 amide bonds. The van der Waals surface area contributed by atoms with Crippen molar-refractivity contribution in [3.63, 3.8) is 0 Å². The molecule has 0 bridgehead atoms. The van der Waals surface area contributed by atoms with Gasteiger partial charge in [0.25, 0.3) is 0 Å². The summed E-state index contributed by atoms with van der Waals surface area (Å²) >= 11 is 5.94. The number of halogens is 1. The van der Waals surface area contributed by atoms with Gasteiger partial charge < -0.3 is 4.42 Å². The zero-order valence-corrected chi connectivity index (χ0v) is 10.4. The van der Waals surface area contributed by atoms with E-state index in [2.05, 4.69) is 10.5 Å². The minimum Gasteiger partial charge on any atom is -0.456 e. The average Bonchev–Trinajstić information content (AvgIpc) is 2.78. The Morgan fingerprint density at radius 3 is 2.78 bits per heavy atom. The van der Waals surface area contributed by atoms with Gasteiger partial charge in [0.1, 0.15) is 5.76 Å². The van der Waals surface area contributed by atoms with Gasteiger partial charge in [0.2, 0.25) is 0 Å². The lowest BCUT2D eigenvalue weighted by Gasteiger charge is -1.97. The van der Waals surface area contributed by atoms with Crippen molar-refractivity contribution in [2.75, 3.05) is 0 Å². The number of amides is 1. The van der Waals surface area contributed by atoms with E-state index in [4.69, 9.17) is 16.0 Å². The second-order valence-electron chi connectivity index (χ2n) is 3.63. The second-order valence-corrected chi connectivity index (χ2v) is 4.04. The summed E-state index contributed by atoms with van der Waals surface area (Å²) in [4.78, 5) is 11.6. The number of rotatable bonds is 3. The maximum atomic E-state index is 11.6. The van der Waals surface area contributed by atoms with E-state index in [-0.39, 0.29) is 5.76 Å². The summed E-state index contributed by atoms with van der Waals surface area (Å²) in [5.41, 5.74) is 3.10. The van der Waals surface area contributed by atoms with Crippen LogP contribution in [0.4, 0.5) is 0 Å². The number of hydrogen-bond donors (Lipinski definition) is 1. The van der Waals surface area contributed by atoms with Gasteiger partial charge in [0, 0.05) is 10.6 Å². The van der Waals surface area contributed by atoms with Gasteiger partial charge in [0.15, 0.2) is 5.76 Å². The molecule has 1 N–H and O–H groups in total. The Bertz CT molecular complexity index is 590. The molecule has 2 aromatic rings. The highest BCUT2D eigenvalue weighted by atomic mass is 35.5. The van der Waals surface area contributed by atoms with E-state index >= 15 is 0 Å².